The van der Waals surface area contributed by atoms with Crippen LogP contribution in [0.15, 0.2) is 53.0 Å². The Balaban J connectivity index is 1.77. The molecular formula is C21H24BrN2O2+. The van der Waals surface area contributed by atoms with Crippen molar-refractivity contribution in [1.29, 1.82) is 0 Å². The molecule has 0 bridgehead atoms. The van der Waals surface area contributed by atoms with E-state index >= 15 is 0 Å². The molecule has 0 saturated carbocycles. The Bertz CT molecular complexity index is 817. The largest absolute Gasteiger partial charge is 0.497 e. The van der Waals surface area contributed by atoms with Gasteiger partial charge >= 0.3 is 0 Å². The first-order chi connectivity index (χ1) is 12.6. The molecule has 0 aliphatic carbocycles. The number of methoxy groups -OCH3 is 1. The smallest absolute Gasteiger partial charge is 0.225 e. The second-order valence-electron chi connectivity index (χ2n) is 6.98. The highest BCUT2D eigenvalue weighted by atomic mass is 79.9. The average Bonchev–Trinajstić information content (AvgIpc) is 2.82. The van der Waals surface area contributed by atoms with Gasteiger partial charge in [-0.25, -0.2) is 0 Å². The standard InChI is InChI=1S/C21H24BrN2O2/c1-26-19-11-7-17(8-12-19)21(25)15-20(16-5-9-18(22)10-6-16)23-13-3-2-4-14-24(21)23/h5-12,25H,2-4,13-15H2,1H3/q+1. The molecule has 136 valence electrons. The molecule has 0 amide bonds. The molecule has 2 heterocycles. The molecule has 0 radical (unpaired) electrons. The lowest BCUT2D eigenvalue weighted by Crippen LogP contribution is -2.46. The van der Waals surface area contributed by atoms with Gasteiger partial charge in [-0.2, -0.15) is 0 Å². The molecule has 26 heavy (non-hydrogen) atoms. The lowest BCUT2D eigenvalue weighted by Gasteiger charge is -2.30. The Morgan fingerprint density at radius 2 is 1.77 bits per heavy atom. The highest BCUT2D eigenvalue weighted by molar-refractivity contribution is 9.10. The van der Waals surface area contributed by atoms with Crippen LogP contribution >= 0.6 is 15.9 Å². The normalized spacial score (nSPS) is 23.0. The van der Waals surface area contributed by atoms with Gasteiger partial charge in [-0.1, -0.05) is 28.1 Å². The van der Waals surface area contributed by atoms with Crippen molar-refractivity contribution >= 4 is 21.6 Å². The summed E-state index contributed by atoms with van der Waals surface area (Å²) in [6.45, 7) is 1.81. The van der Waals surface area contributed by atoms with Crippen LogP contribution < -0.4 is 4.74 Å². The minimum Gasteiger partial charge on any atom is -0.497 e. The monoisotopic (exact) mass is 415 g/mol. The van der Waals surface area contributed by atoms with Crippen LogP contribution in [0.25, 0.3) is 0 Å². The fourth-order valence-corrected chi connectivity index (χ4v) is 4.29. The van der Waals surface area contributed by atoms with Crippen LogP contribution in [-0.2, 0) is 5.72 Å². The molecule has 2 aromatic rings. The first-order valence-corrected chi connectivity index (χ1v) is 9.95. The van der Waals surface area contributed by atoms with Gasteiger partial charge in [0, 0.05) is 22.0 Å². The van der Waals surface area contributed by atoms with Gasteiger partial charge in [0.1, 0.15) is 5.75 Å². The van der Waals surface area contributed by atoms with Crippen molar-refractivity contribution in [1.82, 2.24) is 5.01 Å². The maximum absolute atomic E-state index is 11.7. The highest BCUT2D eigenvalue weighted by Gasteiger charge is 2.52. The molecule has 0 aromatic heterocycles. The van der Waals surface area contributed by atoms with E-state index in [1.807, 2.05) is 24.3 Å². The van der Waals surface area contributed by atoms with E-state index in [9.17, 15) is 5.11 Å². The predicted molar refractivity (Wildman–Crippen MR) is 105 cm³/mol. The molecular weight excluding hydrogens is 392 g/mol. The summed E-state index contributed by atoms with van der Waals surface area (Å²) in [4.78, 5) is 0. The first-order valence-electron chi connectivity index (χ1n) is 9.15. The molecule has 1 saturated heterocycles. The van der Waals surface area contributed by atoms with Gasteiger partial charge in [0.15, 0.2) is 6.54 Å². The highest BCUT2D eigenvalue weighted by Crippen LogP contribution is 2.38. The van der Waals surface area contributed by atoms with E-state index in [0.29, 0.717) is 6.42 Å². The third-order valence-corrected chi connectivity index (χ3v) is 5.94. The zero-order valence-electron chi connectivity index (χ0n) is 15.0. The van der Waals surface area contributed by atoms with Crippen molar-refractivity contribution in [2.24, 2.45) is 0 Å². The molecule has 1 atom stereocenters. The number of rotatable bonds is 3. The van der Waals surface area contributed by atoms with E-state index in [1.54, 1.807) is 7.11 Å². The predicted octanol–water partition coefficient (Wildman–Crippen LogP) is 3.91. The summed E-state index contributed by atoms with van der Waals surface area (Å²) in [5.41, 5.74) is 2.26. The number of hydrogen-bond acceptors (Lipinski definition) is 3. The van der Waals surface area contributed by atoms with E-state index < -0.39 is 5.72 Å². The molecule has 4 rings (SSSR count). The summed E-state index contributed by atoms with van der Waals surface area (Å²) in [5, 5.41) is 13.9. The number of fused-ring (bicyclic) bond motifs is 1. The number of nitrogens with zero attached hydrogens (tertiary/aromatic N) is 2. The second-order valence-corrected chi connectivity index (χ2v) is 7.90. The zero-order valence-corrected chi connectivity index (χ0v) is 16.6. The minimum atomic E-state index is -1.01. The zero-order chi connectivity index (χ0) is 18.1. The van der Waals surface area contributed by atoms with Gasteiger partial charge in [0.2, 0.25) is 11.4 Å². The van der Waals surface area contributed by atoms with E-state index in [1.165, 1.54) is 17.7 Å². The average molecular weight is 416 g/mol. The van der Waals surface area contributed by atoms with E-state index in [2.05, 4.69) is 49.9 Å². The third kappa shape index (κ3) is 3.03. The number of hydrogen-bond donors (Lipinski definition) is 1. The van der Waals surface area contributed by atoms with Crippen LogP contribution in [-0.4, -0.2) is 40.7 Å². The van der Waals surface area contributed by atoms with E-state index in [0.717, 1.165) is 41.7 Å². The number of halogens is 1. The fourth-order valence-electron chi connectivity index (χ4n) is 4.03. The molecule has 2 aliphatic rings. The van der Waals surface area contributed by atoms with Crippen LogP contribution in [0.5, 0.6) is 5.75 Å². The Morgan fingerprint density at radius 3 is 2.46 bits per heavy atom. The van der Waals surface area contributed by atoms with Gasteiger partial charge in [-0.15, -0.1) is 9.69 Å². The van der Waals surface area contributed by atoms with Crippen molar-refractivity contribution in [3.8, 4) is 5.75 Å². The van der Waals surface area contributed by atoms with Crippen molar-refractivity contribution in [2.75, 3.05) is 20.2 Å². The van der Waals surface area contributed by atoms with Crippen LogP contribution in [0.4, 0.5) is 0 Å². The number of benzene rings is 2. The summed E-state index contributed by atoms with van der Waals surface area (Å²) in [6.07, 6.45) is 4.03. The maximum atomic E-state index is 11.7. The molecule has 4 nitrogen and oxygen atoms in total. The van der Waals surface area contributed by atoms with Gasteiger partial charge < -0.3 is 9.84 Å². The Morgan fingerprint density at radius 1 is 1.04 bits per heavy atom. The van der Waals surface area contributed by atoms with Crippen LogP contribution in [0, 0.1) is 0 Å². The number of hydrazone groups is 1. The van der Waals surface area contributed by atoms with Crippen molar-refractivity contribution in [3.05, 3.63) is 64.1 Å². The molecule has 5 heteroatoms. The van der Waals surface area contributed by atoms with E-state index in [-0.39, 0.29) is 0 Å². The summed E-state index contributed by atoms with van der Waals surface area (Å²) in [7, 11) is 1.66. The van der Waals surface area contributed by atoms with Crippen molar-refractivity contribution in [2.45, 2.75) is 31.4 Å². The van der Waals surface area contributed by atoms with Crippen LogP contribution in [0.3, 0.4) is 0 Å². The number of hydrazine groups is 1. The van der Waals surface area contributed by atoms with Crippen molar-refractivity contribution in [3.63, 3.8) is 0 Å². The van der Waals surface area contributed by atoms with Gasteiger partial charge in [0.25, 0.3) is 0 Å². The topological polar surface area (TPSA) is 35.7 Å². The molecule has 0 spiro atoms. The Kier molecular flexibility index (Phi) is 4.76. The van der Waals surface area contributed by atoms with Gasteiger partial charge in [0.05, 0.1) is 20.1 Å². The fraction of sp³-hybridized carbons (Fsp3) is 0.381. The molecule has 1 N–H and O–H groups in total. The lowest BCUT2D eigenvalue weighted by molar-refractivity contribution is -0.706. The lowest BCUT2D eigenvalue weighted by atomic mass is 9.94. The van der Waals surface area contributed by atoms with Gasteiger partial charge in [-0.3, -0.25) is 0 Å². The van der Waals surface area contributed by atoms with Crippen molar-refractivity contribution < 1.29 is 14.5 Å². The van der Waals surface area contributed by atoms with Gasteiger partial charge in [-0.05, 0) is 49.2 Å². The van der Waals surface area contributed by atoms with Crippen LogP contribution in [0.2, 0.25) is 0 Å². The van der Waals surface area contributed by atoms with E-state index in [4.69, 9.17) is 4.74 Å². The second kappa shape index (κ2) is 7.05. The summed E-state index contributed by atoms with van der Waals surface area (Å²) in [6, 6.07) is 16.2. The minimum absolute atomic E-state index is 0.584. The molecule has 2 aliphatic heterocycles. The molecule has 1 unspecified atom stereocenters. The SMILES string of the molecule is COc1ccc(C2(O)CC(c3ccc(Br)cc3)=[N+]3CCCCCN32)cc1. The Hall–Kier alpha value is -1.85. The first kappa shape index (κ1) is 17.6. The summed E-state index contributed by atoms with van der Waals surface area (Å²) in [5.74, 6) is 0.806. The summed E-state index contributed by atoms with van der Waals surface area (Å²) >= 11 is 3.51. The Labute approximate surface area is 162 Å². The third-order valence-electron chi connectivity index (χ3n) is 5.41. The summed E-state index contributed by atoms with van der Waals surface area (Å²) < 4.78 is 8.65. The number of ether oxygens (including phenoxy) is 1. The quantitative estimate of drug-likeness (QED) is 0.771. The molecule has 2 aromatic carbocycles. The maximum Gasteiger partial charge on any atom is 0.225 e. The number of aliphatic hydroxyl groups is 1. The molecule has 1 fully saturated rings. The van der Waals surface area contributed by atoms with Crippen LogP contribution in [0.1, 0.15) is 36.8 Å².